The second-order valence-electron chi connectivity index (χ2n) is 9.44. The Kier molecular flexibility index (Phi) is 6.38. The Bertz CT molecular complexity index is 1440. The highest BCUT2D eigenvalue weighted by molar-refractivity contribution is 6.09. The average Bonchev–Trinajstić information content (AvgIpc) is 3.30. The third kappa shape index (κ3) is 4.78. The minimum Gasteiger partial charge on any atom is -0.322 e. The summed E-state index contributed by atoms with van der Waals surface area (Å²) < 4.78 is 0. The van der Waals surface area contributed by atoms with Gasteiger partial charge in [-0.05, 0) is 91.4 Å². The Balaban J connectivity index is 1.37. The van der Waals surface area contributed by atoms with Crippen LogP contribution >= 0.6 is 0 Å². The van der Waals surface area contributed by atoms with Crippen molar-refractivity contribution < 1.29 is 9.59 Å². The maximum atomic E-state index is 13.4. The second kappa shape index (κ2) is 9.78. The van der Waals surface area contributed by atoms with Gasteiger partial charge in [0.15, 0.2) is 0 Å². The van der Waals surface area contributed by atoms with Crippen LogP contribution in [-0.4, -0.2) is 23.3 Å². The van der Waals surface area contributed by atoms with Gasteiger partial charge in [-0.25, -0.2) is 0 Å². The number of anilines is 2. The third-order valence-electron chi connectivity index (χ3n) is 6.83. The quantitative estimate of drug-likeness (QED) is 0.382. The van der Waals surface area contributed by atoms with E-state index in [0.29, 0.717) is 12.1 Å². The first kappa shape index (κ1) is 23.5. The summed E-state index contributed by atoms with van der Waals surface area (Å²) in [5.74, 6) is -0.114. The molecule has 4 aromatic rings. The summed E-state index contributed by atoms with van der Waals surface area (Å²) >= 11 is 0. The average molecular weight is 476 g/mol. The van der Waals surface area contributed by atoms with Gasteiger partial charge in [-0.2, -0.15) is 0 Å². The van der Waals surface area contributed by atoms with Crippen LogP contribution in [0.15, 0.2) is 79.0 Å². The van der Waals surface area contributed by atoms with E-state index < -0.39 is 0 Å². The van der Waals surface area contributed by atoms with Crippen LogP contribution in [0.2, 0.25) is 0 Å². The topological polar surface area (TPSA) is 62.3 Å². The minimum atomic E-state index is -0.144. The second-order valence-corrected chi connectivity index (χ2v) is 9.44. The number of fused-ring (bicyclic) bond motifs is 1. The van der Waals surface area contributed by atoms with Gasteiger partial charge in [0, 0.05) is 35.4 Å². The molecule has 1 aliphatic rings. The van der Waals surface area contributed by atoms with E-state index in [0.717, 1.165) is 51.3 Å². The van der Waals surface area contributed by atoms with Crippen molar-refractivity contribution in [1.29, 1.82) is 0 Å². The Labute approximate surface area is 211 Å². The number of hydrogen-bond donors (Lipinski definition) is 1. The summed E-state index contributed by atoms with van der Waals surface area (Å²) in [6.45, 7) is 6.78. The lowest BCUT2D eigenvalue weighted by Gasteiger charge is -2.18. The van der Waals surface area contributed by atoms with Gasteiger partial charge in [0.1, 0.15) is 0 Å². The van der Waals surface area contributed by atoms with Gasteiger partial charge >= 0.3 is 0 Å². The number of rotatable bonds is 5. The van der Waals surface area contributed by atoms with E-state index in [4.69, 9.17) is 0 Å². The molecule has 0 atom stereocenters. The van der Waals surface area contributed by atoms with E-state index in [-0.39, 0.29) is 18.2 Å². The summed E-state index contributed by atoms with van der Waals surface area (Å²) in [6.07, 6.45) is 2.73. The standard InChI is InChI=1S/C31H29N3O2/c1-20-7-9-23(10-8-20)27-16-21(2)22(3)17-28(27)31(36)33-26-11-12-29-24(18-26)13-15-34(29)30(35)19-25-6-4-5-14-32-25/h4-12,14,16-18H,13,15,19H2,1-3H3,(H,33,36). The molecule has 1 aliphatic heterocycles. The highest BCUT2D eigenvalue weighted by Crippen LogP contribution is 2.32. The van der Waals surface area contributed by atoms with Crippen LogP contribution in [0.1, 0.15) is 38.3 Å². The van der Waals surface area contributed by atoms with Crippen LogP contribution in [0.5, 0.6) is 0 Å². The zero-order valence-corrected chi connectivity index (χ0v) is 20.8. The largest absolute Gasteiger partial charge is 0.322 e. The van der Waals surface area contributed by atoms with Gasteiger partial charge in [0.2, 0.25) is 5.91 Å². The first-order valence-electron chi connectivity index (χ1n) is 12.2. The van der Waals surface area contributed by atoms with Crippen LogP contribution in [-0.2, 0) is 17.6 Å². The van der Waals surface area contributed by atoms with Crippen LogP contribution in [0, 0.1) is 20.8 Å². The summed E-state index contributed by atoms with van der Waals surface area (Å²) in [5.41, 5.74) is 9.44. The monoisotopic (exact) mass is 475 g/mol. The molecule has 180 valence electrons. The Hall–Kier alpha value is -4.25. The highest BCUT2D eigenvalue weighted by atomic mass is 16.2. The molecular formula is C31H29N3O2. The molecule has 0 saturated heterocycles. The predicted octanol–water partition coefficient (Wildman–Crippen LogP) is 6.06. The summed E-state index contributed by atoms with van der Waals surface area (Å²) in [5, 5.41) is 3.09. The fraction of sp³-hybridized carbons (Fsp3) is 0.194. The Morgan fingerprint density at radius 3 is 2.44 bits per heavy atom. The lowest BCUT2D eigenvalue weighted by atomic mass is 9.93. The summed E-state index contributed by atoms with van der Waals surface area (Å²) in [7, 11) is 0. The van der Waals surface area contributed by atoms with E-state index in [1.165, 1.54) is 5.56 Å². The molecule has 36 heavy (non-hydrogen) atoms. The molecule has 2 heterocycles. The van der Waals surface area contributed by atoms with Gasteiger partial charge in [0.05, 0.1) is 6.42 Å². The number of carbonyl (C=O) groups excluding carboxylic acids is 2. The smallest absolute Gasteiger partial charge is 0.256 e. The molecule has 0 radical (unpaired) electrons. The maximum Gasteiger partial charge on any atom is 0.256 e. The first-order valence-corrected chi connectivity index (χ1v) is 12.2. The Morgan fingerprint density at radius 2 is 1.69 bits per heavy atom. The van der Waals surface area contributed by atoms with Crippen molar-refractivity contribution in [2.45, 2.75) is 33.6 Å². The number of amides is 2. The van der Waals surface area contributed by atoms with E-state index >= 15 is 0 Å². The van der Waals surface area contributed by atoms with Gasteiger partial charge in [-0.1, -0.05) is 42.0 Å². The fourth-order valence-corrected chi connectivity index (χ4v) is 4.67. The molecule has 5 heteroatoms. The van der Waals surface area contributed by atoms with Crippen LogP contribution in [0.25, 0.3) is 11.1 Å². The Morgan fingerprint density at radius 1 is 0.917 bits per heavy atom. The molecule has 0 aliphatic carbocycles. The molecule has 0 fully saturated rings. The minimum absolute atomic E-state index is 0.0297. The fourth-order valence-electron chi connectivity index (χ4n) is 4.67. The van der Waals surface area contributed by atoms with Crippen LogP contribution in [0.4, 0.5) is 11.4 Å². The number of benzene rings is 3. The molecule has 5 nitrogen and oxygen atoms in total. The zero-order chi connectivity index (χ0) is 25.2. The van der Waals surface area contributed by atoms with E-state index in [1.54, 1.807) is 6.20 Å². The molecule has 0 saturated carbocycles. The van der Waals surface area contributed by atoms with Crippen molar-refractivity contribution in [3.63, 3.8) is 0 Å². The van der Waals surface area contributed by atoms with Crippen molar-refractivity contribution in [2.24, 2.45) is 0 Å². The van der Waals surface area contributed by atoms with E-state index in [2.05, 4.69) is 54.5 Å². The van der Waals surface area contributed by atoms with Crippen molar-refractivity contribution in [1.82, 2.24) is 4.98 Å². The van der Waals surface area contributed by atoms with Crippen molar-refractivity contribution >= 4 is 23.2 Å². The van der Waals surface area contributed by atoms with Crippen molar-refractivity contribution in [2.75, 3.05) is 16.8 Å². The van der Waals surface area contributed by atoms with E-state index in [9.17, 15) is 9.59 Å². The number of aromatic nitrogens is 1. The molecule has 2 amide bonds. The molecule has 3 aromatic carbocycles. The van der Waals surface area contributed by atoms with Crippen molar-refractivity contribution in [3.05, 3.63) is 113 Å². The summed E-state index contributed by atoms with van der Waals surface area (Å²) in [4.78, 5) is 32.4. The number of nitrogens with one attached hydrogen (secondary N) is 1. The van der Waals surface area contributed by atoms with Crippen molar-refractivity contribution in [3.8, 4) is 11.1 Å². The molecule has 0 unspecified atom stereocenters. The van der Waals surface area contributed by atoms with Gasteiger partial charge in [0.25, 0.3) is 5.91 Å². The van der Waals surface area contributed by atoms with Gasteiger partial charge in [-0.3, -0.25) is 14.6 Å². The molecule has 5 rings (SSSR count). The summed E-state index contributed by atoms with van der Waals surface area (Å²) in [6, 6.07) is 23.7. The lowest BCUT2D eigenvalue weighted by Crippen LogP contribution is -2.30. The number of hydrogen-bond acceptors (Lipinski definition) is 3. The number of pyridine rings is 1. The third-order valence-corrected chi connectivity index (χ3v) is 6.83. The molecule has 0 bridgehead atoms. The maximum absolute atomic E-state index is 13.4. The van der Waals surface area contributed by atoms with Crippen LogP contribution < -0.4 is 10.2 Å². The zero-order valence-electron chi connectivity index (χ0n) is 20.8. The van der Waals surface area contributed by atoms with Gasteiger partial charge in [-0.15, -0.1) is 0 Å². The molecule has 1 N–H and O–H groups in total. The first-order chi connectivity index (χ1) is 17.4. The van der Waals surface area contributed by atoms with Gasteiger partial charge < -0.3 is 10.2 Å². The number of aryl methyl sites for hydroxylation is 3. The lowest BCUT2D eigenvalue weighted by molar-refractivity contribution is -0.117. The highest BCUT2D eigenvalue weighted by Gasteiger charge is 2.25. The molecule has 1 aromatic heterocycles. The molecular weight excluding hydrogens is 446 g/mol. The van der Waals surface area contributed by atoms with Crippen LogP contribution in [0.3, 0.4) is 0 Å². The number of carbonyl (C=O) groups is 2. The van der Waals surface area contributed by atoms with E-state index in [1.807, 2.05) is 54.3 Å². The normalized spacial score (nSPS) is 12.4. The number of nitrogens with zero attached hydrogens (tertiary/aromatic N) is 2. The molecule has 0 spiro atoms. The predicted molar refractivity (Wildman–Crippen MR) is 144 cm³/mol. The SMILES string of the molecule is Cc1ccc(-c2cc(C)c(C)cc2C(=O)Nc2ccc3c(c2)CCN3C(=O)Cc2ccccn2)cc1.